The average molecular weight is 917 g/mol. The van der Waals surface area contributed by atoms with Gasteiger partial charge >= 0.3 is 11.9 Å². The molecule has 0 saturated heterocycles. The van der Waals surface area contributed by atoms with Crippen LogP contribution in [0.1, 0.15) is 258 Å². The van der Waals surface area contributed by atoms with E-state index in [2.05, 4.69) is 111 Å². The molecule has 5 heteroatoms. The van der Waals surface area contributed by atoms with E-state index in [1.807, 2.05) is 0 Å². The van der Waals surface area contributed by atoms with Crippen LogP contribution in [-0.4, -0.2) is 36.4 Å². The normalized spacial score (nSPS) is 13.0. The van der Waals surface area contributed by atoms with Crippen molar-refractivity contribution < 1.29 is 24.2 Å². The molecule has 0 amide bonds. The zero-order valence-corrected chi connectivity index (χ0v) is 43.2. The highest BCUT2D eigenvalue weighted by molar-refractivity contribution is 5.70. The molecule has 0 saturated carbocycles. The summed E-state index contributed by atoms with van der Waals surface area (Å²) < 4.78 is 10.7. The van der Waals surface area contributed by atoms with Gasteiger partial charge in [-0.3, -0.25) is 9.59 Å². The second-order valence-corrected chi connectivity index (χ2v) is 18.3. The lowest BCUT2D eigenvalue weighted by atomic mass is 10.0. The Morgan fingerprint density at radius 2 is 0.652 bits per heavy atom. The summed E-state index contributed by atoms with van der Waals surface area (Å²) in [5.41, 5.74) is 0. The highest BCUT2D eigenvalue weighted by atomic mass is 16.6. The van der Waals surface area contributed by atoms with Gasteiger partial charge in [-0.2, -0.15) is 0 Å². The largest absolute Gasteiger partial charge is 0.462 e. The van der Waals surface area contributed by atoms with Gasteiger partial charge in [-0.1, -0.05) is 246 Å². The monoisotopic (exact) mass is 917 g/mol. The van der Waals surface area contributed by atoms with Gasteiger partial charge in [-0.15, -0.1) is 0 Å². The van der Waals surface area contributed by atoms with E-state index < -0.39 is 6.10 Å². The Bertz CT molecular complexity index is 1270. The Morgan fingerprint density at radius 3 is 0.985 bits per heavy atom. The van der Waals surface area contributed by atoms with Gasteiger partial charge in [-0.05, 0) is 96.3 Å². The van der Waals surface area contributed by atoms with Gasteiger partial charge in [0, 0.05) is 12.8 Å². The van der Waals surface area contributed by atoms with Gasteiger partial charge in [0.2, 0.25) is 0 Å². The molecule has 66 heavy (non-hydrogen) atoms. The lowest BCUT2D eigenvalue weighted by Crippen LogP contribution is -2.28. The van der Waals surface area contributed by atoms with Crippen LogP contribution in [0.25, 0.3) is 0 Å². The van der Waals surface area contributed by atoms with Crippen molar-refractivity contribution in [2.75, 3.05) is 13.2 Å². The molecule has 0 aromatic rings. The standard InChI is InChI=1S/C61H104O5/c1-3-5-7-9-11-13-15-17-19-21-23-25-27-28-29-30-31-32-34-36-38-40-42-44-46-48-50-52-54-56-61(64)66-59(57-62)58-65-60(63)55-53-51-49-47-45-43-41-39-37-35-33-26-24-22-20-18-16-14-12-10-8-6-4-2/h5,7,11,13,16-19,22-25,28-29,31-32,59,62H,3-4,6,8-10,12,14-15,20-21,26-27,30,33-58H2,1-2H3/b7-5-,13-11-,18-16-,19-17-,24-22-,25-23-,29-28-,32-31-. The van der Waals surface area contributed by atoms with Gasteiger partial charge in [0.15, 0.2) is 6.10 Å². The summed E-state index contributed by atoms with van der Waals surface area (Å²) in [6.07, 6.45) is 79.4. The van der Waals surface area contributed by atoms with Crippen molar-refractivity contribution in [2.45, 2.75) is 264 Å². The first-order valence-corrected chi connectivity index (χ1v) is 27.8. The molecule has 0 aliphatic rings. The van der Waals surface area contributed by atoms with E-state index >= 15 is 0 Å². The van der Waals surface area contributed by atoms with Crippen molar-refractivity contribution in [3.63, 3.8) is 0 Å². The molecule has 0 aliphatic heterocycles. The fourth-order valence-corrected chi connectivity index (χ4v) is 7.71. The number of carbonyl (C=O) groups is 2. The first-order chi connectivity index (χ1) is 32.6. The van der Waals surface area contributed by atoms with E-state index in [0.29, 0.717) is 12.8 Å². The molecule has 0 radical (unpaired) electrons. The van der Waals surface area contributed by atoms with Crippen LogP contribution in [0.2, 0.25) is 0 Å². The van der Waals surface area contributed by atoms with Crippen molar-refractivity contribution in [3.8, 4) is 0 Å². The summed E-state index contributed by atoms with van der Waals surface area (Å²) in [6, 6.07) is 0. The number of aliphatic hydroxyl groups excluding tert-OH is 1. The quantitative estimate of drug-likeness (QED) is 0.0374. The van der Waals surface area contributed by atoms with Crippen molar-refractivity contribution in [1.29, 1.82) is 0 Å². The Labute approximate surface area is 408 Å². The number of hydrogen-bond acceptors (Lipinski definition) is 5. The summed E-state index contributed by atoms with van der Waals surface area (Å²) in [7, 11) is 0. The van der Waals surface area contributed by atoms with E-state index in [-0.39, 0.29) is 25.2 Å². The van der Waals surface area contributed by atoms with Crippen LogP contribution in [0, 0.1) is 0 Å². The van der Waals surface area contributed by atoms with Gasteiger partial charge in [0.05, 0.1) is 6.61 Å². The van der Waals surface area contributed by atoms with Crippen LogP contribution in [-0.2, 0) is 19.1 Å². The van der Waals surface area contributed by atoms with E-state index in [0.717, 1.165) is 83.5 Å². The van der Waals surface area contributed by atoms with E-state index in [4.69, 9.17) is 9.47 Å². The first-order valence-electron chi connectivity index (χ1n) is 27.8. The molecule has 0 spiro atoms. The van der Waals surface area contributed by atoms with Gasteiger partial charge in [0.1, 0.15) is 6.61 Å². The number of carbonyl (C=O) groups excluding carboxylic acids is 2. The molecule has 1 atom stereocenters. The predicted molar refractivity (Wildman–Crippen MR) is 288 cm³/mol. The molecule has 378 valence electrons. The molecule has 1 unspecified atom stereocenters. The number of ether oxygens (including phenoxy) is 2. The molecule has 0 fully saturated rings. The Hall–Kier alpha value is -3.18. The van der Waals surface area contributed by atoms with Crippen LogP contribution in [0.5, 0.6) is 0 Å². The highest BCUT2D eigenvalue weighted by Gasteiger charge is 2.16. The first kappa shape index (κ1) is 62.8. The van der Waals surface area contributed by atoms with Crippen molar-refractivity contribution in [1.82, 2.24) is 0 Å². The van der Waals surface area contributed by atoms with Crippen LogP contribution in [0.3, 0.4) is 0 Å². The van der Waals surface area contributed by atoms with Gasteiger partial charge < -0.3 is 14.6 Å². The zero-order chi connectivity index (χ0) is 47.7. The molecule has 0 aromatic heterocycles. The number of esters is 2. The number of unbranched alkanes of at least 4 members (excludes halogenated alkanes) is 26. The second kappa shape index (κ2) is 56.1. The maximum absolute atomic E-state index is 12.3. The van der Waals surface area contributed by atoms with Crippen LogP contribution >= 0.6 is 0 Å². The van der Waals surface area contributed by atoms with Gasteiger partial charge in [-0.25, -0.2) is 0 Å². The minimum absolute atomic E-state index is 0.0722. The number of allylic oxidation sites excluding steroid dienone is 16. The van der Waals surface area contributed by atoms with Crippen molar-refractivity contribution in [3.05, 3.63) is 97.2 Å². The zero-order valence-electron chi connectivity index (χ0n) is 43.2. The third-order valence-electron chi connectivity index (χ3n) is 11.9. The summed E-state index contributed by atoms with van der Waals surface area (Å²) in [5.74, 6) is -0.597. The fourth-order valence-electron chi connectivity index (χ4n) is 7.71. The average Bonchev–Trinajstić information content (AvgIpc) is 3.32. The summed E-state index contributed by atoms with van der Waals surface area (Å²) in [4.78, 5) is 24.5. The number of hydrogen-bond donors (Lipinski definition) is 1. The Morgan fingerprint density at radius 1 is 0.364 bits per heavy atom. The second-order valence-electron chi connectivity index (χ2n) is 18.3. The third-order valence-corrected chi connectivity index (χ3v) is 11.9. The van der Waals surface area contributed by atoms with Crippen molar-refractivity contribution in [2.24, 2.45) is 0 Å². The predicted octanol–water partition coefficient (Wildman–Crippen LogP) is 18.7. The van der Waals surface area contributed by atoms with E-state index in [1.54, 1.807) is 0 Å². The Balaban J connectivity index is 3.54. The maximum atomic E-state index is 12.3. The van der Waals surface area contributed by atoms with E-state index in [9.17, 15) is 14.7 Å². The van der Waals surface area contributed by atoms with Crippen molar-refractivity contribution >= 4 is 11.9 Å². The molecular formula is C61H104O5. The minimum Gasteiger partial charge on any atom is -0.462 e. The molecule has 0 heterocycles. The summed E-state index contributed by atoms with van der Waals surface area (Å²) >= 11 is 0. The fraction of sp³-hybridized carbons (Fsp3) is 0.705. The third kappa shape index (κ3) is 53.4. The van der Waals surface area contributed by atoms with Crippen LogP contribution < -0.4 is 0 Å². The number of rotatable bonds is 50. The maximum Gasteiger partial charge on any atom is 0.306 e. The molecule has 0 aliphatic carbocycles. The molecule has 0 aromatic carbocycles. The van der Waals surface area contributed by atoms with Crippen LogP contribution in [0.15, 0.2) is 97.2 Å². The smallest absolute Gasteiger partial charge is 0.306 e. The van der Waals surface area contributed by atoms with Gasteiger partial charge in [0.25, 0.3) is 0 Å². The molecule has 0 bridgehead atoms. The van der Waals surface area contributed by atoms with Crippen LogP contribution in [0.4, 0.5) is 0 Å². The summed E-state index contributed by atoms with van der Waals surface area (Å²) in [5, 5.41) is 9.65. The molecule has 5 nitrogen and oxygen atoms in total. The lowest BCUT2D eigenvalue weighted by Gasteiger charge is -2.15. The lowest BCUT2D eigenvalue weighted by molar-refractivity contribution is -0.161. The van der Waals surface area contributed by atoms with E-state index in [1.165, 1.54) is 148 Å². The number of aliphatic hydroxyl groups is 1. The highest BCUT2D eigenvalue weighted by Crippen LogP contribution is 2.15. The minimum atomic E-state index is -0.782. The topological polar surface area (TPSA) is 72.8 Å². The molecule has 0 rings (SSSR count). The summed E-state index contributed by atoms with van der Waals surface area (Å²) in [6.45, 7) is 4.02. The molecule has 1 N–H and O–H groups in total. The molecular weight excluding hydrogens is 813 g/mol. The SMILES string of the molecule is CC/C=C\C/C=C\C/C=C\C/C=C\C/C=C\C/C=C\CCCCCCCCCCCCC(=O)OC(CO)COC(=O)CCCCCCCCCCCCC/C=C\C/C=C\CCCCCCC. The Kier molecular flexibility index (Phi) is 53.4.